The first-order chi connectivity index (χ1) is 7.88. The predicted molar refractivity (Wildman–Crippen MR) is 67.9 cm³/mol. The van der Waals surface area contributed by atoms with Gasteiger partial charge in [0.15, 0.2) is 0 Å². The molecule has 2 heterocycles. The molecule has 0 bridgehead atoms. The maximum atomic E-state index is 4.41. The van der Waals surface area contributed by atoms with Crippen LogP contribution in [0, 0.1) is 0 Å². The zero-order chi connectivity index (χ0) is 11.2. The highest BCUT2D eigenvalue weighted by molar-refractivity contribution is 5.44. The van der Waals surface area contributed by atoms with Crippen LogP contribution in [0.3, 0.4) is 0 Å². The maximum absolute atomic E-state index is 4.41. The van der Waals surface area contributed by atoms with Gasteiger partial charge in [-0.3, -0.25) is 0 Å². The molecule has 1 aliphatic rings. The summed E-state index contributed by atoms with van der Waals surface area (Å²) >= 11 is 0. The van der Waals surface area contributed by atoms with E-state index in [0.29, 0.717) is 0 Å². The Labute approximate surface area is 97.1 Å². The lowest BCUT2D eigenvalue weighted by Crippen LogP contribution is -2.26. The molecule has 4 nitrogen and oxygen atoms in total. The standard InChI is InChI=1S/C12H20N4/c1-13-11-5-4-6-12(15-11)14-7-10-16-8-2-3-9-16/h4-6H,2-3,7-10H2,1H3,(H2,13,14,15). The van der Waals surface area contributed by atoms with Crippen LogP contribution in [-0.2, 0) is 0 Å². The molecule has 1 fully saturated rings. The Balaban J connectivity index is 1.75. The Morgan fingerprint density at radius 3 is 2.75 bits per heavy atom. The van der Waals surface area contributed by atoms with Crippen molar-refractivity contribution in [1.82, 2.24) is 9.88 Å². The highest BCUT2D eigenvalue weighted by Gasteiger charge is 2.10. The van der Waals surface area contributed by atoms with E-state index in [2.05, 4.69) is 20.5 Å². The fourth-order valence-electron chi connectivity index (χ4n) is 2.02. The van der Waals surface area contributed by atoms with Crippen molar-refractivity contribution in [1.29, 1.82) is 0 Å². The quantitative estimate of drug-likeness (QED) is 0.791. The number of hydrogen-bond acceptors (Lipinski definition) is 4. The molecule has 1 saturated heterocycles. The highest BCUT2D eigenvalue weighted by Crippen LogP contribution is 2.09. The van der Waals surface area contributed by atoms with Gasteiger partial charge in [0.1, 0.15) is 11.6 Å². The Morgan fingerprint density at radius 1 is 1.25 bits per heavy atom. The number of anilines is 2. The van der Waals surface area contributed by atoms with Gasteiger partial charge in [-0.1, -0.05) is 6.07 Å². The van der Waals surface area contributed by atoms with Crippen molar-refractivity contribution in [2.24, 2.45) is 0 Å². The predicted octanol–water partition coefficient (Wildman–Crippen LogP) is 1.63. The molecule has 0 radical (unpaired) electrons. The molecule has 2 rings (SSSR count). The summed E-state index contributed by atoms with van der Waals surface area (Å²) in [6.07, 6.45) is 2.71. The van der Waals surface area contributed by atoms with Gasteiger partial charge in [-0.25, -0.2) is 4.98 Å². The normalized spacial score (nSPS) is 16.3. The molecular formula is C12H20N4. The summed E-state index contributed by atoms with van der Waals surface area (Å²) in [5.74, 6) is 1.86. The topological polar surface area (TPSA) is 40.2 Å². The second-order valence-electron chi connectivity index (χ2n) is 4.13. The molecule has 1 aromatic rings. The number of nitrogens with one attached hydrogen (secondary N) is 2. The van der Waals surface area contributed by atoms with Crippen molar-refractivity contribution < 1.29 is 0 Å². The van der Waals surface area contributed by atoms with Crippen LogP contribution < -0.4 is 10.6 Å². The van der Waals surface area contributed by atoms with Crippen LogP contribution in [-0.4, -0.2) is 43.1 Å². The van der Waals surface area contributed by atoms with E-state index in [9.17, 15) is 0 Å². The Morgan fingerprint density at radius 2 is 2.00 bits per heavy atom. The lowest BCUT2D eigenvalue weighted by Gasteiger charge is -2.15. The molecule has 0 spiro atoms. The second-order valence-corrected chi connectivity index (χ2v) is 4.13. The molecular weight excluding hydrogens is 200 g/mol. The van der Waals surface area contributed by atoms with Crippen LogP contribution >= 0.6 is 0 Å². The van der Waals surface area contributed by atoms with Gasteiger partial charge < -0.3 is 15.5 Å². The van der Waals surface area contributed by atoms with Crippen LogP contribution in [0.1, 0.15) is 12.8 Å². The first kappa shape index (κ1) is 11.2. The van der Waals surface area contributed by atoms with Crippen molar-refractivity contribution in [2.75, 3.05) is 43.9 Å². The number of nitrogens with zero attached hydrogens (tertiary/aromatic N) is 2. The van der Waals surface area contributed by atoms with E-state index in [0.717, 1.165) is 24.7 Å². The van der Waals surface area contributed by atoms with E-state index >= 15 is 0 Å². The molecule has 0 aliphatic carbocycles. The zero-order valence-corrected chi connectivity index (χ0v) is 9.87. The molecule has 0 aromatic carbocycles. The molecule has 88 valence electrons. The van der Waals surface area contributed by atoms with E-state index in [4.69, 9.17) is 0 Å². The monoisotopic (exact) mass is 220 g/mol. The lowest BCUT2D eigenvalue weighted by molar-refractivity contribution is 0.352. The van der Waals surface area contributed by atoms with Crippen LogP contribution in [0.4, 0.5) is 11.6 Å². The third-order valence-electron chi connectivity index (χ3n) is 2.94. The molecule has 0 unspecified atom stereocenters. The van der Waals surface area contributed by atoms with Crippen molar-refractivity contribution in [2.45, 2.75) is 12.8 Å². The first-order valence-corrected chi connectivity index (χ1v) is 5.99. The number of likely N-dealkylation sites (tertiary alicyclic amines) is 1. The molecule has 0 atom stereocenters. The first-order valence-electron chi connectivity index (χ1n) is 5.99. The van der Waals surface area contributed by atoms with Crippen LogP contribution in [0.25, 0.3) is 0 Å². The highest BCUT2D eigenvalue weighted by atomic mass is 15.2. The van der Waals surface area contributed by atoms with Crippen molar-refractivity contribution in [3.8, 4) is 0 Å². The van der Waals surface area contributed by atoms with Gasteiger partial charge in [0.2, 0.25) is 0 Å². The summed E-state index contributed by atoms with van der Waals surface area (Å²) in [5.41, 5.74) is 0. The maximum Gasteiger partial charge on any atom is 0.128 e. The minimum Gasteiger partial charge on any atom is -0.373 e. The van der Waals surface area contributed by atoms with Gasteiger partial charge in [0.25, 0.3) is 0 Å². The average molecular weight is 220 g/mol. The fourth-order valence-corrected chi connectivity index (χ4v) is 2.02. The minimum atomic E-state index is 0.908. The number of rotatable bonds is 5. The Hall–Kier alpha value is -1.29. The summed E-state index contributed by atoms with van der Waals surface area (Å²) < 4.78 is 0. The molecule has 1 aliphatic heterocycles. The summed E-state index contributed by atoms with van der Waals surface area (Å²) in [5, 5.41) is 6.39. The van der Waals surface area contributed by atoms with Gasteiger partial charge in [-0.05, 0) is 38.1 Å². The van der Waals surface area contributed by atoms with Gasteiger partial charge in [-0.15, -0.1) is 0 Å². The molecule has 2 N–H and O–H groups in total. The van der Waals surface area contributed by atoms with Gasteiger partial charge >= 0.3 is 0 Å². The van der Waals surface area contributed by atoms with E-state index < -0.39 is 0 Å². The Bertz CT molecular complexity index is 321. The van der Waals surface area contributed by atoms with Crippen molar-refractivity contribution in [3.05, 3.63) is 18.2 Å². The summed E-state index contributed by atoms with van der Waals surface area (Å²) in [4.78, 5) is 6.91. The molecule has 16 heavy (non-hydrogen) atoms. The van der Waals surface area contributed by atoms with Crippen LogP contribution in [0.2, 0.25) is 0 Å². The molecule has 0 amide bonds. The van der Waals surface area contributed by atoms with Gasteiger partial charge in [-0.2, -0.15) is 0 Å². The van der Waals surface area contributed by atoms with Gasteiger partial charge in [0.05, 0.1) is 0 Å². The van der Waals surface area contributed by atoms with Gasteiger partial charge in [0, 0.05) is 20.1 Å². The van der Waals surface area contributed by atoms with Crippen molar-refractivity contribution in [3.63, 3.8) is 0 Å². The molecule has 4 heteroatoms. The number of aromatic nitrogens is 1. The summed E-state index contributed by atoms with van der Waals surface area (Å²) in [6, 6.07) is 5.98. The lowest BCUT2D eigenvalue weighted by atomic mass is 10.4. The summed E-state index contributed by atoms with van der Waals surface area (Å²) in [7, 11) is 1.89. The smallest absolute Gasteiger partial charge is 0.128 e. The molecule has 0 saturated carbocycles. The van der Waals surface area contributed by atoms with Crippen LogP contribution in [0.15, 0.2) is 18.2 Å². The van der Waals surface area contributed by atoms with E-state index in [1.54, 1.807) is 0 Å². The Kier molecular flexibility index (Phi) is 3.99. The average Bonchev–Trinajstić information content (AvgIpc) is 2.82. The van der Waals surface area contributed by atoms with E-state index in [1.807, 2.05) is 25.2 Å². The van der Waals surface area contributed by atoms with Crippen molar-refractivity contribution >= 4 is 11.6 Å². The molecule has 1 aromatic heterocycles. The summed E-state index contributed by atoms with van der Waals surface area (Å²) in [6.45, 7) is 4.60. The SMILES string of the molecule is CNc1cccc(NCCN2CCCC2)n1. The number of hydrogen-bond donors (Lipinski definition) is 2. The second kappa shape index (κ2) is 5.70. The largest absolute Gasteiger partial charge is 0.373 e. The number of pyridine rings is 1. The van der Waals surface area contributed by atoms with E-state index in [1.165, 1.54) is 25.9 Å². The fraction of sp³-hybridized carbons (Fsp3) is 0.583. The van der Waals surface area contributed by atoms with E-state index in [-0.39, 0.29) is 0 Å². The third-order valence-corrected chi connectivity index (χ3v) is 2.94. The van der Waals surface area contributed by atoms with Crippen LogP contribution in [0.5, 0.6) is 0 Å². The minimum absolute atomic E-state index is 0.908. The third kappa shape index (κ3) is 3.10. The zero-order valence-electron chi connectivity index (χ0n) is 9.87.